The van der Waals surface area contributed by atoms with Crippen molar-refractivity contribution < 1.29 is 9.21 Å². The van der Waals surface area contributed by atoms with Crippen LogP contribution < -0.4 is 5.56 Å². The molecule has 4 aromatic rings. The first-order chi connectivity index (χ1) is 13.5. The zero-order valence-electron chi connectivity index (χ0n) is 15.6. The number of amides is 1. The van der Waals surface area contributed by atoms with Gasteiger partial charge in [-0.3, -0.25) is 14.2 Å². The number of rotatable bonds is 5. The van der Waals surface area contributed by atoms with E-state index in [-0.39, 0.29) is 17.2 Å². The first-order valence-electron chi connectivity index (χ1n) is 8.81. The van der Waals surface area contributed by atoms with E-state index in [0.717, 1.165) is 16.5 Å². The molecule has 2 aromatic carbocycles. The van der Waals surface area contributed by atoms with Crippen molar-refractivity contribution >= 4 is 39.3 Å². The van der Waals surface area contributed by atoms with Crippen LogP contribution in [-0.2, 0) is 18.4 Å². The van der Waals surface area contributed by atoms with Gasteiger partial charge in [-0.05, 0) is 35.0 Å². The van der Waals surface area contributed by atoms with Crippen LogP contribution in [0.2, 0.25) is 0 Å². The van der Waals surface area contributed by atoms with Gasteiger partial charge >= 0.3 is 0 Å². The normalized spacial score (nSPS) is 11.2. The number of aromatic nitrogens is 2. The zero-order valence-corrected chi connectivity index (χ0v) is 16.4. The van der Waals surface area contributed by atoms with Crippen molar-refractivity contribution in [2.75, 3.05) is 12.8 Å². The summed E-state index contributed by atoms with van der Waals surface area (Å²) in [4.78, 5) is 31.4. The molecule has 1 amide bonds. The predicted molar refractivity (Wildman–Crippen MR) is 110 cm³/mol. The lowest BCUT2D eigenvalue weighted by atomic mass is 10.1. The Morgan fingerprint density at radius 2 is 1.93 bits per heavy atom. The van der Waals surface area contributed by atoms with Crippen LogP contribution in [-0.4, -0.2) is 33.2 Å². The smallest absolute Gasteiger partial charge is 0.261 e. The molecule has 0 aliphatic rings. The monoisotopic (exact) mass is 393 g/mol. The topological polar surface area (TPSA) is 68.3 Å². The molecular formula is C21H19N3O3S. The lowest BCUT2D eigenvalue weighted by Gasteiger charge is -2.16. The molecule has 4 rings (SSSR count). The van der Waals surface area contributed by atoms with Crippen LogP contribution in [0.4, 0.5) is 0 Å². The highest BCUT2D eigenvalue weighted by atomic mass is 32.2. The molecule has 0 saturated carbocycles. The molecule has 28 heavy (non-hydrogen) atoms. The molecule has 0 aliphatic heterocycles. The van der Waals surface area contributed by atoms with E-state index in [1.807, 2.05) is 42.5 Å². The maximum Gasteiger partial charge on any atom is 0.261 e. The fourth-order valence-electron chi connectivity index (χ4n) is 3.03. The van der Waals surface area contributed by atoms with Gasteiger partial charge in [0, 0.05) is 14.1 Å². The molecule has 7 heteroatoms. The SMILES string of the molecule is CN(Cc1ccco1)C(=O)CSc1nc2cc3ccccc3cc2c(=O)n1C. The molecule has 0 radical (unpaired) electrons. The van der Waals surface area contributed by atoms with Crippen LogP contribution in [0.15, 0.2) is 69.2 Å². The molecule has 0 aliphatic carbocycles. The summed E-state index contributed by atoms with van der Waals surface area (Å²) in [5.74, 6) is 0.856. The Labute approximate surface area is 165 Å². The van der Waals surface area contributed by atoms with E-state index in [1.54, 1.807) is 31.3 Å². The average Bonchev–Trinajstić information content (AvgIpc) is 3.21. The van der Waals surface area contributed by atoms with Crippen LogP contribution in [0.3, 0.4) is 0 Å². The van der Waals surface area contributed by atoms with Crippen LogP contribution in [0.5, 0.6) is 0 Å². The molecule has 0 N–H and O–H groups in total. The summed E-state index contributed by atoms with van der Waals surface area (Å²) >= 11 is 1.26. The first kappa shape index (κ1) is 18.3. The Hall–Kier alpha value is -3.06. The minimum Gasteiger partial charge on any atom is -0.467 e. The Morgan fingerprint density at radius 3 is 2.64 bits per heavy atom. The first-order valence-corrected chi connectivity index (χ1v) is 9.80. The van der Waals surface area contributed by atoms with Crippen molar-refractivity contribution in [3.8, 4) is 0 Å². The zero-order chi connectivity index (χ0) is 19.7. The number of benzene rings is 2. The number of thioether (sulfide) groups is 1. The van der Waals surface area contributed by atoms with E-state index in [2.05, 4.69) is 4.98 Å². The molecule has 0 fully saturated rings. The predicted octanol–water partition coefficient (Wildman–Crippen LogP) is 3.43. The van der Waals surface area contributed by atoms with Gasteiger partial charge < -0.3 is 9.32 Å². The Bertz CT molecular complexity index is 1220. The van der Waals surface area contributed by atoms with Gasteiger partial charge in [0.05, 0.1) is 29.5 Å². The van der Waals surface area contributed by atoms with Crippen molar-refractivity contribution in [1.29, 1.82) is 0 Å². The Balaban J connectivity index is 1.58. The molecule has 0 atom stereocenters. The lowest BCUT2D eigenvalue weighted by Crippen LogP contribution is -2.28. The van der Waals surface area contributed by atoms with Gasteiger partial charge in [0.1, 0.15) is 5.76 Å². The average molecular weight is 393 g/mol. The minimum atomic E-state index is -0.116. The van der Waals surface area contributed by atoms with Crippen LogP contribution in [0.25, 0.3) is 21.7 Å². The molecule has 2 aromatic heterocycles. The number of hydrogen-bond donors (Lipinski definition) is 0. The van der Waals surface area contributed by atoms with Crippen molar-refractivity contribution in [1.82, 2.24) is 14.5 Å². The Morgan fingerprint density at radius 1 is 1.18 bits per heavy atom. The largest absolute Gasteiger partial charge is 0.467 e. The minimum absolute atomic E-state index is 0.0609. The fourth-order valence-corrected chi connectivity index (χ4v) is 3.94. The lowest BCUT2D eigenvalue weighted by molar-refractivity contribution is -0.127. The molecule has 0 spiro atoms. The molecule has 0 bridgehead atoms. The van der Waals surface area contributed by atoms with Crippen LogP contribution in [0.1, 0.15) is 5.76 Å². The molecule has 0 saturated heterocycles. The molecule has 142 valence electrons. The Kier molecular flexibility index (Phi) is 4.92. The van der Waals surface area contributed by atoms with Gasteiger partial charge in [-0.25, -0.2) is 4.98 Å². The van der Waals surface area contributed by atoms with Crippen molar-refractivity contribution in [2.24, 2.45) is 7.05 Å². The highest BCUT2D eigenvalue weighted by Gasteiger charge is 2.15. The van der Waals surface area contributed by atoms with Crippen molar-refractivity contribution in [3.05, 3.63) is 70.9 Å². The fraction of sp³-hybridized carbons (Fsp3) is 0.190. The van der Waals surface area contributed by atoms with Gasteiger partial charge in [-0.2, -0.15) is 0 Å². The van der Waals surface area contributed by atoms with E-state index in [1.165, 1.54) is 16.3 Å². The maximum atomic E-state index is 12.8. The summed E-state index contributed by atoms with van der Waals surface area (Å²) in [5, 5.41) is 3.13. The van der Waals surface area contributed by atoms with Gasteiger partial charge in [0.2, 0.25) is 5.91 Å². The molecule has 0 unspecified atom stereocenters. The van der Waals surface area contributed by atoms with E-state index < -0.39 is 0 Å². The van der Waals surface area contributed by atoms with Gasteiger partial charge in [-0.15, -0.1) is 0 Å². The summed E-state index contributed by atoms with van der Waals surface area (Å²) in [7, 11) is 3.41. The molecular weight excluding hydrogens is 374 g/mol. The number of furan rings is 1. The van der Waals surface area contributed by atoms with E-state index in [0.29, 0.717) is 22.6 Å². The van der Waals surface area contributed by atoms with Gasteiger partial charge in [-0.1, -0.05) is 36.0 Å². The number of fused-ring (bicyclic) bond motifs is 2. The van der Waals surface area contributed by atoms with E-state index in [4.69, 9.17) is 4.42 Å². The van der Waals surface area contributed by atoms with E-state index in [9.17, 15) is 9.59 Å². The number of carbonyl (C=O) groups is 1. The van der Waals surface area contributed by atoms with Crippen molar-refractivity contribution in [3.63, 3.8) is 0 Å². The van der Waals surface area contributed by atoms with Crippen LogP contribution >= 0.6 is 11.8 Å². The summed E-state index contributed by atoms with van der Waals surface area (Å²) in [5.41, 5.74) is 0.523. The number of nitrogens with zero attached hydrogens (tertiary/aromatic N) is 3. The highest BCUT2D eigenvalue weighted by molar-refractivity contribution is 7.99. The second kappa shape index (κ2) is 7.52. The molecule has 6 nitrogen and oxygen atoms in total. The summed E-state index contributed by atoms with van der Waals surface area (Å²) in [6.45, 7) is 0.405. The van der Waals surface area contributed by atoms with Gasteiger partial charge in [0.15, 0.2) is 5.16 Å². The van der Waals surface area contributed by atoms with Crippen molar-refractivity contribution in [2.45, 2.75) is 11.7 Å². The molecule has 2 heterocycles. The quantitative estimate of drug-likeness (QED) is 0.295. The summed E-state index contributed by atoms with van der Waals surface area (Å²) in [6.07, 6.45) is 1.58. The second-order valence-electron chi connectivity index (χ2n) is 6.59. The van der Waals surface area contributed by atoms with E-state index >= 15 is 0 Å². The third-order valence-corrected chi connectivity index (χ3v) is 5.64. The number of hydrogen-bond acceptors (Lipinski definition) is 5. The third kappa shape index (κ3) is 3.53. The standard InChI is InChI=1S/C21H19N3O3S/c1-23(12-16-8-5-9-27-16)19(25)13-28-21-22-18-11-15-7-4-3-6-14(15)10-17(18)20(26)24(21)2/h3-11H,12-13H2,1-2H3. The summed E-state index contributed by atoms with van der Waals surface area (Å²) in [6, 6.07) is 15.3. The second-order valence-corrected chi connectivity index (χ2v) is 7.54. The highest BCUT2D eigenvalue weighted by Crippen LogP contribution is 2.22. The summed E-state index contributed by atoms with van der Waals surface area (Å²) < 4.78 is 6.78. The van der Waals surface area contributed by atoms with Crippen LogP contribution in [0, 0.1) is 0 Å². The van der Waals surface area contributed by atoms with Gasteiger partial charge in [0.25, 0.3) is 5.56 Å². The third-order valence-electron chi connectivity index (χ3n) is 4.63. The maximum absolute atomic E-state index is 12.8. The number of carbonyl (C=O) groups excluding carboxylic acids is 1.